The van der Waals surface area contributed by atoms with E-state index in [1.165, 1.54) is 11.3 Å². The lowest BCUT2D eigenvalue weighted by Crippen LogP contribution is -2.05. The van der Waals surface area contributed by atoms with Gasteiger partial charge in [-0.2, -0.15) is 0 Å². The highest BCUT2D eigenvalue weighted by Crippen LogP contribution is 2.42. The number of hydrogen-bond acceptors (Lipinski definition) is 4. The third kappa shape index (κ3) is 3.58. The van der Waals surface area contributed by atoms with Crippen LogP contribution in [0.4, 0.5) is 0 Å². The number of carboxylic acids is 1. The van der Waals surface area contributed by atoms with Crippen LogP contribution in [0.2, 0.25) is 0 Å². The van der Waals surface area contributed by atoms with Gasteiger partial charge in [0.1, 0.15) is 11.5 Å². The van der Waals surface area contributed by atoms with E-state index in [1.807, 2.05) is 54.6 Å². The maximum Gasteiger partial charge on any atom is 0.311 e. The number of carboxylic acid groups (broad SMARTS) is 1. The first-order valence-corrected chi connectivity index (χ1v) is 9.00. The first-order valence-electron chi connectivity index (χ1n) is 8.19. The summed E-state index contributed by atoms with van der Waals surface area (Å²) in [6.07, 6.45) is 0. The monoisotopic (exact) mass is 368 g/mol. The van der Waals surface area contributed by atoms with Gasteiger partial charge < -0.3 is 14.6 Å². The van der Waals surface area contributed by atoms with Crippen LogP contribution in [-0.4, -0.2) is 25.3 Å². The zero-order valence-corrected chi connectivity index (χ0v) is 15.7. The standard InChI is InChI=1S/C21H20O4S/c1-13(21(22)23)19-12-18(14-4-8-16(24-2)9-5-14)20(26-19)15-6-10-17(25-3)11-7-15/h4-13H,1-3H3,(H,22,23). The van der Waals surface area contributed by atoms with Gasteiger partial charge >= 0.3 is 5.97 Å². The molecule has 3 aromatic rings. The van der Waals surface area contributed by atoms with E-state index in [9.17, 15) is 9.90 Å². The van der Waals surface area contributed by atoms with E-state index < -0.39 is 11.9 Å². The fraction of sp³-hybridized carbons (Fsp3) is 0.190. The molecule has 2 aromatic carbocycles. The highest BCUT2D eigenvalue weighted by molar-refractivity contribution is 7.16. The van der Waals surface area contributed by atoms with Crippen molar-refractivity contribution in [1.82, 2.24) is 0 Å². The molecule has 0 aliphatic heterocycles. The fourth-order valence-electron chi connectivity index (χ4n) is 2.69. The third-order valence-corrected chi connectivity index (χ3v) is 5.67. The highest BCUT2D eigenvalue weighted by atomic mass is 32.1. The molecule has 0 fully saturated rings. The Kier molecular flexibility index (Phi) is 5.28. The maximum atomic E-state index is 11.4. The minimum absolute atomic E-state index is 0.552. The molecule has 0 saturated heterocycles. The van der Waals surface area contributed by atoms with Gasteiger partial charge in [0.05, 0.1) is 20.1 Å². The van der Waals surface area contributed by atoms with Crippen LogP contribution in [0.3, 0.4) is 0 Å². The molecule has 1 heterocycles. The number of benzene rings is 2. The van der Waals surface area contributed by atoms with E-state index in [0.717, 1.165) is 37.9 Å². The van der Waals surface area contributed by atoms with Crippen molar-refractivity contribution in [3.63, 3.8) is 0 Å². The lowest BCUT2D eigenvalue weighted by molar-refractivity contribution is -0.138. The molecular formula is C21H20O4S. The predicted molar refractivity (Wildman–Crippen MR) is 104 cm³/mol. The number of aliphatic carboxylic acids is 1. The molecule has 4 nitrogen and oxygen atoms in total. The van der Waals surface area contributed by atoms with Gasteiger partial charge in [-0.1, -0.05) is 12.1 Å². The molecule has 0 radical (unpaired) electrons. The quantitative estimate of drug-likeness (QED) is 0.642. The van der Waals surface area contributed by atoms with Gasteiger partial charge in [-0.05, 0) is 60.5 Å². The van der Waals surface area contributed by atoms with Crippen LogP contribution in [-0.2, 0) is 4.79 Å². The zero-order chi connectivity index (χ0) is 18.7. The summed E-state index contributed by atoms with van der Waals surface area (Å²) >= 11 is 1.51. The molecule has 1 unspecified atom stereocenters. The maximum absolute atomic E-state index is 11.4. The second kappa shape index (κ2) is 7.62. The molecule has 3 rings (SSSR count). The number of hydrogen-bond donors (Lipinski definition) is 1. The van der Waals surface area contributed by atoms with Crippen molar-refractivity contribution < 1.29 is 19.4 Å². The lowest BCUT2D eigenvalue weighted by atomic mass is 10.0. The summed E-state index contributed by atoms with van der Waals surface area (Å²) in [4.78, 5) is 13.3. The van der Waals surface area contributed by atoms with Crippen LogP contribution in [0.1, 0.15) is 17.7 Å². The number of methoxy groups -OCH3 is 2. The Balaban J connectivity index is 2.11. The molecule has 0 amide bonds. The molecule has 0 aliphatic rings. The largest absolute Gasteiger partial charge is 0.497 e. The second-order valence-corrected chi connectivity index (χ2v) is 6.99. The SMILES string of the molecule is COc1ccc(-c2cc(C(C)C(=O)O)sc2-c2ccc(OC)cc2)cc1. The first kappa shape index (κ1) is 18.0. The average molecular weight is 368 g/mol. The van der Waals surface area contributed by atoms with Gasteiger partial charge in [-0.3, -0.25) is 4.79 Å². The summed E-state index contributed by atoms with van der Waals surface area (Å²) in [6.45, 7) is 1.71. The van der Waals surface area contributed by atoms with Crippen molar-refractivity contribution in [2.24, 2.45) is 0 Å². The average Bonchev–Trinajstić information content (AvgIpc) is 3.12. The second-order valence-electron chi connectivity index (χ2n) is 5.91. The molecule has 26 heavy (non-hydrogen) atoms. The molecular weight excluding hydrogens is 348 g/mol. The van der Waals surface area contributed by atoms with Crippen molar-refractivity contribution in [3.8, 4) is 33.1 Å². The Morgan fingerprint density at radius 1 is 0.923 bits per heavy atom. The van der Waals surface area contributed by atoms with Crippen molar-refractivity contribution in [1.29, 1.82) is 0 Å². The van der Waals surface area contributed by atoms with Crippen molar-refractivity contribution in [2.75, 3.05) is 14.2 Å². The molecule has 134 valence electrons. The topological polar surface area (TPSA) is 55.8 Å². The normalized spacial score (nSPS) is 11.8. The molecule has 0 bridgehead atoms. The van der Waals surface area contributed by atoms with Crippen LogP contribution in [0.5, 0.6) is 11.5 Å². The van der Waals surface area contributed by atoms with Gasteiger partial charge in [0.15, 0.2) is 0 Å². The Morgan fingerprint density at radius 2 is 1.42 bits per heavy atom. The molecule has 1 aromatic heterocycles. The van der Waals surface area contributed by atoms with Gasteiger partial charge in [-0.15, -0.1) is 11.3 Å². The van der Waals surface area contributed by atoms with E-state index in [0.29, 0.717) is 0 Å². The summed E-state index contributed by atoms with van der Waals surface area (Å²) < 4.78 is 10.5. The molecule has 1 atom stereocenters. The van der Waals surface area contributed by atoms with Crippen molar-refractivity contribution >= 4 is 17.3 Å². The molecule has 1 N–H and O–H groups in total. The van der Waals surface area contributed by atoms with Crippen LogP contribution in [0.15, 0.2) is 54.6 Å². The van der Waals surface area contributed by atoms with Crippen molar-refractivity contribution in [3.05, 3.63) is 59.5 Å². The zero-order valence-electron chi connectivity index (χ0n) is 14.9. The number of ether oxygens (including phenoxy) is 2. The van der Waals surface area contributed by atoms with Crippen LogP contribution in [0, 0.1) is 0 Å². The van der Waals surface area contributed by atoms with Gasteiger partial charge in [0.2, 0.25) is 0 Å². The van der Waals surface area contributed by atoms with E-state index in [-0.39, 0.29) is 0 Å². The highest BCUT2D eigenvalue weighted by Gasteiger charge is 2.20. The van der Waals surface area contributed by atoms with E-state index in [4.69, 9.17) is 9.47 Å². The van der Waals surface area contributed by atoms with E-state index in [1.54, 1.807) is 21.1 Å². The number of rotatable bonds is 6. The third-order valence-electron chi connectivity index (χ3n) is 4.30. The minimum atomic E-state index is -0.825. The summed E-state index contributed by atoms with van der Waals surface area (Å²) in [6, 6.07) is 17.6. The molecule has 0 saturated carbocycles. The fourth-order valence-corrected chi connectivity index (χ4v) is 3.92. The van der Waals surface area contributed by atoms with E-state index >= 15 is 0 Å². The Morgan fingerprint density at radius 3 is 1.88 bits per heavy atom. The Hall–Kier alpha value is -2.79. The van der Waals surface area contributed by atoms with Gasteiger partial charge in [-0.25, -0.2) is 0 Å². The van der Waals surface area contributed by atoms with Gasteiger partial charge in [0.25, 0.3) is 0 Å². The molecule has 5 heteroatoms. The number of thiophene rings is 1. The van der Waals surface area contributed by atoms with Crippen LogP contribution >= 0.6 is 11.3 Å². The summed E-state index contributed by atoms with van der Waals surface area (Å²) in [5, 5.41) is 9.39. The van der Waals surface area contributed by atoms with Crippen molar-refractivity contribution in [2.45, 2.75) is 12.8 Å². The Bertz CT molecular complexity index is 830. The van der Waals surface area contributed by atoms with Crippen LogP contribution < -0.4 is 9.47 Å². The predicted octanol–water partition coefficient (Wildman–Crippen LogP) is 5.29. The first-order chi connectivity index (χ1) is 12.5. The summed E-state index contributed by atoms with van der Waals surface area (Å²) in [7, 11) is 3.27. The lowest BCUT2D eigenvalue weighted by Gasteiger charge is -2.07. The minimum Gasteiger partial charge on any atom is -0.497 e. The smallest absolute Gasteiger partial charge is 0.311 e. The summed E-state index contributed by atoms with van der Waals surface area (Å²) in [5.41, 5.74) is 3.08. The molecule has 0 aliphatic carbocycles. The Labute approximate surface area is 156 Å². The van der Waals surface area contributed by atoms with Crippen LogP contribution in [0.25, 0.3) is 21.6 Å². The van der Waals surface area contributed by atoms with E-state index in [2.05, 4.69) is 0 Å². The number of carbonyl (C=O) groups is 1. The molecule has 0 spiro atoms. The van der Waals surface area contributed by atoms with Gasteiger partial charge in [0, 0.05) is 15.3 Å². The summed E-state index contributed by atoms with van der Waals surface area (Å²) in [5.74, 6) is 0.197.